The highest BCUT2D eigenvalue weighted by atomic mass is 16.6. The molecule has 0 saturated carbocycles. The second-order valence-corrected chi connectivity index (χ2v) is 4.81. The number of nitrogens with one attached hydrogen (secondary N) is 1. The summed E-state index contributed by atoms with van der Waals surface area (Å²) in [7, 11) is 0. The fourth-order valence-corrected chi connectivity index (χ4v) is 1.43. The van der Waals surface area contributed by atoms with Gasteiger partial charge in [-0.1, -0.05) is 32.0 Å². The number of hydrogen-bond donors (Lipinski definition) is 2. The van der Waals surface area contributed by atoms with E-state index in [-0.39, 0.29) is 22.6 Å². The molecule has 1 aromatic rings. The molecule has 0 aliphatic rings. The third kappa shape index (κ3) is 4.13. The third-order valence-corrected chi connectivity index (χ3v) is 2.54. The maximum absolute atomic E-state index is 10.8. The molecule has 1 rings (SSSR count). The second-order valence-electron chi connectivity index (χ2n) is 4.81. The summed E-state index contributed by atoms with van der Waals surface area (Å²) >= 11 is 0. The number of benzene rings is 1. The molecule has 17 heavy (non-hydrogen) atoms. The van der Waals surface area contributed by atoms with E-state index in [0.29, 0.717) is 18.7 Å². The summed E-state index contributed by atoms with van der Waals surface area (Å²) in [6, 6.07) is 6.66. The normalized spacial score (nSPS) is 11.5. The first kappa shape index (κ1) is 13.6. The van der Waals surface area contributed by atoms with Gasteiger partial charge in [0.15, 0.2) is 0 Å². The summed E-state index contributed by atoms with van der Waals surface area (Å²) in [5.41, 5.74) is 0.567. The quantitative estimate of drug-likeness (QED) is 0.584. The molecule has 0 spiro atoms. The molecule has 5 heteroatoms. The van der Waals surface area contributed by atoms with Crippen molar-refractivity contribution in [2.75, 3.05) is 13.2 Å². The lowest BCUT2D eigenvalue weighted by molar-refractivity contribution is -0.385. The van der Waals surface area contributed by atoms with Crippen molar-refractivity contribution in [3.63, 3.8) is 0 Å². The minimum absolute atomic E-state index is 0.0802. The lowest BCUT2D eigenvalue weighted by Gasteiger charge is -2.21. The summed E-state index contributed by atoms with van der Waals surface area (Å²) in [6.45, 7) is 4.98. The molecule has 0 saturated heterocycles. The maximum Gasteiger partial charge on any atom is 0.273 e. The zero-order valence-electron chi connectivity index (χ0n) is 10.1. The monoisotopic (exact) mass is 238 g/mol. The Kier molecular flexibility index (Phi) is 4.60. The van der Waals surface area contributed by atoms with E-state index in [1.54, 1.807) is 18.2 Å². The Morgan fingerprint density at radius 1 is 1.41 bits per heavy atom. The summed E-state index contributed by atoms with van der Waals surface area (Å²) in [6.07, 6.45) is 0. The lowest BCUT2D eigenvalue weighted by atomic mass is 9.95. The average Bonchev–Trinajstić information content (AvgIpc) is 2.29. The Bertz CT molecular complexity index is 391. The van der Waals surface area contributed by atoms with Crippen molar-refractivity contribution in [3.8, 4) is 0 Å². The Labute approximate surface area is 101 Å². The molecule has 0 radical (unpaired) electrons. The van der Waals surface area contributed by atoms with Gasteiger partial charge in [0.1, 0.15) is 0 Å². The zero-order chi connectivity index (χ0) is 12.9. The van der Waals surface area contributed by atoms with Gasteiger partial charge < -0.3 is 10.4 Å². The molecule has 1 aromatic carbocycles. The van der Waals surface area contributed by atoms with E-state index >= 15 is 0 Å². The van der Waals surface area contributed by atoms with E-state index in [0.717, 1.165) is 0 Å². The van der Waals surface area contributed by atoms with Gasteiger partial charge in [-0.3, -0.25) is 10.1 Å². The molecule has 0 aliphatic carbocycles. The van der Waals surface area contributed by atoms with E-state index in [4.69, 9.17) is 5.11 Å². The van der Waals surface area contributed by atoms with Crippen molar-refractivity contribution in [3.05, 3.63) is 39.9 Å². The molecule has 0 amide bonds. The molecule has 0 bridgehead atoms. The number of rotatable bonds is 6. The van der Waals surface area contributed by atoms with Gasteiger partial charge in [-0.2, -0.15) is 0 Å². The number of nitro benzene ring substituents is 1. The zero-order valence-corrected chi connectivity index (χ0v) is 10.1. The average molecular weight is 238 g/mol. The van der Waals surface area contributed by atoms with Gasteiger partial charge in [0.25, 0.3) is 5.69 Å². The Morgan fingerprint density at radius 2 is 2.06 bits per heavy atom. The Hall–Kier alpha value is -1.46. The van der Waals surface area contributed by atoms with Crippen molar-refractivity contribution in [2.24, 2.45) is 5.41 Å². The molecule has 5 nitrogen and oxygen atoms in total. The van der Waals surface area contributed by atoms with E-state index < -0.39 is 0 Å². The van der Waals surface area contributed by atoms with Crippen LogP contribution in [0.3, 0.4) is 0 Å². The van der Waals surface area contributed by atoms with Crippen LogP contribution >= 0.6 is 0 Å². The lowest BCUT2D eigenvalue weighted by Crippen LogP contribution is -2.32. The highest BCUT2D eigenvalue weighted by molar-refractivity contribution is 5.39. The first-order chi connectivity index (χ1) is 7.96. The van der Waals surface area contributed by atoms with Gasteiger partial charge in [0, 0.05) is 36.7 Å². The highest BCUT2D eigenvalue weighted by Crippen LogP contribution is 2.18. The van der Waals surface area contributed by atoms with Crippen LogP contribution in [0.2, 0.25) is 0 Å². The molecule has 0 unspecified atom stereocenters. The minimum atomic E-state index is -0.381. The summed E-state index contributed by atoms with van der Waals surface area (Å²) in [5, 5.41) is 23.0. The SMILES string of the molecule is CC(C)(CO)CNCc1ccccc1[N+](=O)[O-]. The summed E-state index contributed by atoms with van der Waals surface area (Å²) in [5.74, 6) is 0. The molecule has 0 atom stereocenters. The van der Waals surface area contributed by atoms with Gasteiger partial charge in [-0.15, -0.1) is 0 Å². The van der Waals surface area contributed by atoms with Crippen molar-refractivity contribution in [1.82, 2.24) is 5.32 Å². The van der Waals surface area contributed by atoms with E-state index in [2.05, 4.69) is 5.32 Å². The van der Waals surface area contributed by atoms with Gasteiger partial charge in [0.05, 0.1) is 4.92 Å². The van der Waals surface area contributed by atoms with Crippen LogP contribution < -0.4 is 5.32 Å². The van der Waals surface area contributed by atoms with Crippen LogP contribution in [-0.4, -0.2) is 23.2 Å². The molecule has 0 fully saturated rings. The predicted molar refractivity (Wildman–Crippen MR) is 65.7 cm³/mol. The fraction of sp³-hybridized carbons (Fsp3) is 0.500. The minimum Gasteiger partial charge on any atom is -0.396 e. The number of aliphatic hydroxyl groups is 1. The molecule has 2 N–H and O–H groups in total. The van der Waals surface area contributed by atoms with Crippen LogP contribution in [-0.2, 0) is 6.54 Å². The maximum atomic E-state index is 10.8. The van der Waals surface area contributed by atoms with Gasteiger partial charge in [-0.25, -0.2) is 0 Å². The number of nitro groups is 1. The first-order valence-electron chi connectivity index (χ1n) is 5.50. The van der Waals surface area contributed by atoms with Crippen LogP contribution in [0.25, 0.3) is 0 Å². The third-order valence-electron chi connectivity index (χ3n) is 2.54. The van der Waals surface area contributed by atoms with Crippen molar-refractivity contribution in [2.45, 2.75) is 20.4 Å². The molecule has 0 aliphatic heterocycles. The van der Waals surface area contributed by atoms with Gasteiger partial charge in [0.2, 0.25) is 0 Å². The molecule has 94 valence electrons. The summed E-state index contributed by atoms with van der Waals surface area (Å²) < 4.78 is 0. The predicted octanol–water partition coefficient (Wildman–Crippen LogP) is 1.70. The molecule has 0 heterocycles. The van der Waals surface area contributed by atoms with Crippen LogP contribution in [0.4, 0.5) is 5.69 Å². The fourth-order valence-electron chi connectivity index (χ4n) is 1.43. The topological polar surface area (TPSA) is 75.4 Å². The van der Waals surface area contributed by atoms with Crippen LogP contribution in [0, 0.1) is 15.5 Å². The van der Waals surface area contributed by atoms with E-state index in [9.17, 15) is 10.1 Å². The Balaban J connectivity index is 2.61. The van der Waals surface area contributed by atoms with E-state index in [1.165, 1.54) is 6.07 Å². The first-order valence-corrected chi connectivity index (χ1v) is 5.50. The second kappa shape index (κ2) is 5.75. The molecule has 0 aromatic heterocycles. The number of para-hydroxylation sites is 1. The van der Waals surface area contributed by atoms with Crippen molar-refractivity contribution < 1.29 is 10.0 Å². The number of nitrogens with zero attached hydrogens (tertiary/aromatic N) is 1. The smallest absolute Gasteiger partial charge is 0.273 e. The highest BCUT2D eigenvalue weighted by Gasteiger charge is 2.17. The molecular formula is C12H18N2O3. The Morgan fingerprint density at radius 3 is 2.65 bits per heavy atom. The largest absolute Gasteiger partial charge is 0.396 e. The van der Waals surface area contributed by atoms with Crippen LogP contribution in [0.15, 0.2) is 24.3 Å². The van der Waals surface area contributed by atoms with Crippen LogP contribution in [0.1, 0.15) is 19.4 Å². The number of hydrogen-bond acceptors (Lipinski definition) is 4. The van der Waals surface area contributed by atoms with Crippen molar-refractivity contribution in [1.29, 1.82) is 0 Å². The number of aliphatic hydroxyl groups excluding tert-OH is 1. The summed E-state index contributed by atoms with van der Waals surface area (Å²) in [4.78, 5) is 10.4. The van der Waals surface area contributed by atoms with Crippen molar-refractivity contribution >= 4 is 5.69 Å². The van der Waals surface area contributed by atoms with Gasteiger partial charge in [-0.05, 0) is 0 Å². The van der Waals surface area contributed by atoms with Crippen LogP contribution in [0.5, 0.6) is 0 Å². The standard InChI is InChI=1S/C12H18N2O3/c1-12(2,9-15)8-13-7-10-5-3-4-6-11(10)14(16)17/h3-6,13,15H,7-9H2,1-2H3. The molecular weight excluding hydrogens is 220 g/mol. The van der Waals surface area contributed by atoms with Gasteiger partial charge >= 0.3 is 0 Å². The van der Waals surface area contributed by atoms with E-state index in [1.807, 2.05) is 13.8 Å².